The van der Waals surface area contributed by atoms with Crippen LogP contribution in [0.15, 0.2) is 36.7 Å². The zero-order valence-corrected chi connectivity index (χ0v) is 13.1. The van der Waals surface area contributed by atoms with Gasteiger partial charge in [0.25, 0.3) is 5.91 Å². The number of nitrogens with one attached hydrogen (secondary N) is 1. The number of aryl methyl sites for hydroxylation is 1. The maximum atomic E-state index is 12.4. The molecular formula is C16H18F3N3O2. The maximum Gasteiger partial charge on any atom is 0.406 e. The van der Waals surface area contributed by atoms with Gasteiger partial charge in [-0.05, 0) is 18.6 Å². The van der Waals surface area contributed by atoms with Crippen molar-refractivity contribution < 1.29 is 22.7 Å². The highest BCUT2D eigenvalue weighted by molar-refractivity contribution is 5.77. The van der Waals surface area contributed by atoms with Crippen LogP contribution in [0.4, 0.5) is 13.2 Å². The van der Waals surface area contributed by atoms with E-state index in [1.165, 1.54) is 12.4 Å². The molecule has 2 rings (SSSR count). The van der Waals surface area contributed by atoms with Gasteiger partial charge in [-0.2, -0.15) is 13.2 Å². The third-order valence-corrected chi connectivity index (χ3v) is 3.27. The predicted molar refractivity (Wildman–Crippen MR) is 81.7 cm³/mol. The monoisotopic (exact) mass is 341 g/mol. The Labute approximate surface area is 137 Å². The Morgan fingerprint density at radius 2 is 2.08 bits per heavy atom. The number of halogens is 3. The molecule has 0 radical (unpaired) electrons. The quantitative estimate of drug-likeness (QED) is 0.842. The number of carbonyl (C=O) groups is 1. The van der Waals surface area contributed by atoms with E-state index in [9.17, 15) is 18.0 Å². The normalized spacial score (nSPS) is 11.3. The largest absolute Gasteiger partial charge is 0.484 e. The fourth-order valence-electron chi connectivity index (χ4n) is 2.13. The summed E-state index contributed by atoms with van der Waals surface area (Å²) in [4.78, 5) is 15.6. The molecule has 0 atom stereocenters. The van der Waals surface area contributed by atoms with Crippen molar-refractivity contribution in [3.63, 3.8) is 0 Å². The Balaban J connectivity index is 1.75. The Hall–Kier alpha value is -2.51. The molecule has 0 unspecified atom stereocenters. The summed E-state index contributed by atoms with van der Waals surface area (Å²) in [6.45, 7) is 0.813. The number of hydrogen-bond acceptors (Lipinski definition) is 3. The molecular weight excluding hydrogens is 323 g/mol. The molecule has 1 aromatic heterocycles. The smallest absolute Gasteiger partial charge is 0.406 e. The van der Waals surface area contributed by atoms with Gasteiger partial charge in [-0.15, -0.1) is 0 Å². The summed E-state index contributed by atoms with van der Waals surface area (Å²) in [5.74, 6) is 0.549. The van der Waals surface area contributed by atoms with Crippen LogP contribution in [0.1, 0.15) is 11.4 Å². The minimum Gasteiger partial charge on any atom is -0.484 e. The van der Waals surface area contributed by atoms with Gasteiger partial charge in [0.15, 0.2) is 6.61 Å². The first-order chi connectivity index (χ1) is 11.3. The molecule has 130 valence electrons. The van der Waals surface area contributed by atoms with Gasteiger partial charge in [0.05, 0.1) is 0 Å². The van der Waals surface area contributed by atoms with E-state index in [1.54, 1.807) is 12.1 Å². The van der Waals surface area contributed by atoms with E-state index >= 15 is 0 Å². The van der Waals surface area contributed by atoms with Crippen LogP contribution in [0, 0.1) is 6.92 Å². The number of aromatic nitrogens is 2. The number of nitrogens with zero attached hydrogens (tertiary/aromatic N) is 2. The number of carbonyl (C=O) groups excluding carboxylic acids is 1. The molecule has 0 spiro atoms. The molecule has 0 aliphatic heterocycles. The molecule has 5 nitrogen and oxygen atoms in total. The second kappa shape index (κ2) is 7.85. The lowest BCUT2D eigenvalue weighted by Gasteiger charge is -2.11. The zero-order chi connectivity index (χ0) is 17.6. The number of amides is 1. The average molecular weight is 341 g/mol. The third kappa shape index (κ3) is 5.60. The molecule has 1 heterocycles. The van der Waals surface area contributed by atoms with E-state index in [4.69, 9.17) is 4.74 Å². The summed E-state index contributed by atoms with van der Waals surface area (Å²) in [6, 6.07) is 7.30. The van der Waals surface area contributed by atoms with E-state index in [0.29, 0.717) is 5.75 Å². The molecule has 0 aliphatic carbocycles. The fraction of sp³-hybridized carbons (Fsp3) is 0.375. The summed E-state index contributed by atoms with van der Waals surface area (Å²) in [5.41, 5.74) is 0.916. The standard InChI is InChI=1S/C16H18F3N3O2/c1-12-4-2-3-5-13(12)24-10-15(23)21-7-6-14-20-8-9-22(14)11-16(17,18)19/h2-5,8-9H,6-7,10-11H2,1H3,(H,21,23). The highest BCUT2D eigenvalue weighted by Crippen LogP contribution is 2.18. The van der Waals surface area contributed by atoms with E-state index in [2.05, 4.69) is 10.3 Å². The number of benzene rings is 1. The van der Waals surface area contributed by atoms with Gasteiger partial charge in [-0.25, -0.2) is 4.98 Å². The van der Waals surface area contributed by atoms with Crippen molar-refractivity contribution in [3.05, 3.63) is 48.0 Å². The van der Waals surface area contributed by atoms with E-state index in [1.807, 2.05) is 19.1 Å². The lowest BCUT2D eigenvalue weighted by Crippen LogP contribution is -2.31. The van der Waals surface area contributed by atoms with Crippen molar-refractivity contribution in [2.24, 2.45) is 0 Å². The van der Waals surface area contributed by atoms with Gasteiger partial charge < -0.3 is 14.6 Å². The SMILES string of the molecule is Cc1ccccc1OCC(=O)NCCc1nccn1CC(F)(F)F. The zero-order valence-electron chi connectivity index (χ0n) is 13.1. The van der Waals surface area contributed by atoms with Crippen molar-refractivity contribution in [2.75, 3.05) is 13.2 Å². The second-order valence-corrected chi connectivity index (χ2v) is 5.24. The number of ether oxygens (including phenoxy) is 1. The minimum absolute atomic E-state index is 0.151. The van der Waals surface area contributed by atoms with Crippen LogP contribution in [0.3, 0.4) is 0 Å². The first-order valence-electron chi connectivity index (χ1n) is 7.37. The predicted octanol–water partition coefficient (Wildman–Crippen LogP) is 2.49. The molecule has 1 amide bonds. The number of rotatable bonds is 7. The lowest BCUT2D eigenvalue weighted by atomic mass is 10.2. The maximum absolute atomic E-state index is 12.4. The second-order valence-electron chi connectivity index (χ2n) is 5.24. The molecule has 0 bridgehead atoms. The van der Waals surface area contributed by atoms with E-state index < -0.39 is 12.7 Å². The molecule has 24 heavy (non-hydrogen) atoms. The fourth-order valence-corrected chi connectivity index (χ4v) is 2.13. The Morgan fingerprint density at radius 1 is 1.33 bits per heavy atom. The Kier molecular flexibility index (Phi) is 5.83. The van der Waals surface area contributed by atoms with Crippen molar-refractivity contribution in [1.82, 2.24) is 14.9 Å². The van der Waals surface area contributed by atoms with Gasteiger partial charge >= 0.3 is 6.18 Å². The van der Waals surface area contributed by atoms with Gasteiger partial charge in [-0.1, -0.05) is 18.2 Å². The Bertz CT molecular complexity index is 683. The number of imidazole rings is 1. The first kappa shape index (κ1) is 17.8. The van der Waals surface area contributed by atoms with Crippen molar-refractivity contribution in [2.45, 2.75) is 26.1 Å². The van der Waals surface area contributed by atoms with Crippen LogP contribution >= 0.6 is 0 Å². The summed E-state index contributed by atoms with van der Waals surface area (Å²) in [6.07, 6.45) is -1.52. The van der Waals surface area contributed by atoms with Crippen LogP contribution in [0.25, 0.3) is 0 Å². The van der Waals surface area contributed by atoms with Gasteiger partial charge in [0.2, 0.25) is 0 Å². The molecule has 0 fully saturated rings. The van der Waals surface area contributed by atoms with E-state index in [-0.39, 0.29) is 31.3 Å². The summed E-state index contributed by atoms with van der Waals surface area (Å²) in [5, 5.41) is 2.60. The molecule has 1 aromatic carbocycles. The molecule has 0 saturated carbocycles. The number of alkyl halides is 3. The van der Waals surface area contributed by atoms with Crippen LogP contribution in [0.2, 0.25) is 0 Å². The highest BCUT2D eigenvalue weighted by Gasteiger charge is 2.28. The molecule has 1 N–H and O–H groups in total. The topological polar surface area (TPSA) is 56.1 Å². The molecule has 0 saturated heterocycles. The first-order valence-corrected chi connectivity index (χ1v) is 7.37. The number of para-hydroxylation sites is 1. The average Bonchev–Trinajstić information content (AvgIpc) is 2.91. The van der Waals surface area contributed by atoms with Crippen molar-refractivity contribution in [3.8, 4) is 5.75 Å². The number of hydrogen-bond donors (Lipinski definition) is 1. The van der Waals surface area contributed by atoms with Gasteiger partial charge in [0, 0.05) is 25.4 Å². The molecule has 2 aromatic rings. The van der Waals surface area contributed by atoms with Crippen LogP contribution in [0.5, 0.6) is 5.75 Å². The van der Waals surface area contributed by atoms with Crippen molar-refractivity contribution >= 4 is 5.91 Å². The van der Waals surface area contributed by atoms with Gasteiger partial charge in [0.1, 0.15) is 18.1 Å². The van der Waals surface area contributed by atoms with Crippen LogP contribution < -0.4 is 10.1 Å². The minimum atomic E-state index is -4.31. The van der Waals surface area contributed by atoms with Crippen LogP contribution in [-0.2, 0) is 17.8 Å². The molecule has 8 heteroatoms. The van der Waals surface area contributed by atoms with Gasteiger partial charge in [-0.3, -0.25) is 4.79 Å². The molecule has 0 aliphatic rings. The Morgan fingerprint density at radius 3 is 2.79 bits per heavy atom. The summed E-state index contributed by atoms with van der Waals surface area (Å²) < 4.78 is 43.6. The third-order valence-electron chi connectivity index (χ3n) is 3.27. The van der Waals surface area contributed by atoms with Crippen molar-refractivity contribution in [1.29, 1.82) is 0 Å². The summed E-state index contributed by atoms with van der Waals surface area (Å²) >= 11 is 0. The van der Waals surface area contributed by atoms with Crippen LogP contribution in [-0.4, -0.2) is 34.8 Å². The highest BCUT2D eigenvalue weighted by atomic mass is 19.4. The lowest BCUT2D eigenvalue weighted by molar-refractivity contribution is -0.141. The summed E-state index contributed by atoms with van der Waals surface area (Å²) in [7, 11) is 0. The van der Waals surface area contributed by atoms with E-state index in [0.717, 1.165) is 10.1 Å².